The second-order valence-corrected chi connectivity index (χ2v) is 4.85. The molecule has 0 spiro atoms. The number of nitrogens with two attached hydrogens (primary N) is 1. The highest BCUT2D eigenvalue weighted by molar-refractivity contribution is 5.58. The van der Waals surface area contributed by atoms with Crippen molar-refractivity contribution in [3.05, 3.63) is 30.0 Å². The second kappa shape index (κ2) is 4.04. The number of hydrogen-bond donors (Lipinski definition) is 1. The van der Waals surface area contributed by atoms with Crippen molar-refractivity contribution in [2.75, 3.05) is 18.0 Å². The van der Waals surface area contributed by atoms with Crippen molar-refractivity contribution >= 4 is 11.3 Å². The van der Waals surface area contributed by atoms with Crippen LogP contribution >= 0.6 is 0 Å². The third-order valence-corrected chi connectivity index (χ3v) is 3.40. The maximum Gasteiger partial charge on any atom is 0.130 e. The second-order valence-electron chi connectivity index (χ2n) is 4.85. The van der Waals surface area contributed by atoms with Gasteiger partial charge in [-0.15, -0.1) is 0 Å². The van der Waals surface area contributed by atoms with E-state index >= 15 is 0 Å². The number of fused-ring (bicyclic) bond motifs is 1. The van der Waals surface area contributed by atoms with E-state index in [4.69, 9.17) is 5.73 Å². The van der Waals surface area contributed by atoms with Gasteiger partial charge in [0.25, 0.3) is 0 Å². The van der Waals surface area contributed by atoms with Gasteiger partial charge in [0.15, 0.2) is 0 Å². The number of aromatic nitrogens is 2. The van der Waals surface area contributed by atoms with Gasteiger partial charge in [-0.3, -0.25) is 0 Å². The predicted octanol–water partition coefficient (Wildman–Crippen LogP) is 1.57. The molecule has 3 heterocycles. The van der Waals surface area contributed by atoms with E-state index in [1.165, 1.54) is 12.2 Å². The molecule has 90 valence electrons. The van der Waals surface area contributed by atoms with E-state index in [1.54, 1.807) is 0 Å². The number of rotatable bonds is 1. The van der Waals surface area contributed by atoms with Gasteiger partial charge in [0, 0.05) is 19.1 Å². The van der Waals surface area contributed by atoms with Gasteiger partial charge in [-0.1, -0.05) is 0 Å². The molecule has 0 amide bonds. The maximum atomic E-state index is 6.03. The Balaban J connectivity index is 2.01. The molecule has 1 aliphatic rings. The zero-order valence-corrected chi connectivity index (χ0v) is 10.1. The number of anilines is 1. The van der Waals surface area contributed by atoms with Crippen LogP contribution in [0.1, 0.15) is 18.5 Å². The summed E-state index contributed by atoms with van der Waals surface area (Å²) in [6.07, 6.45) is 2.30. The highest BCUT2D eigenvalue weighted by Gasteiger charge is 2.19. The van der Waals surface area contributed by atoms with Gasteiger partial charge < -0.3 is 10.6 Å². The van der Waals surface area contributed by atoms with E-state index in [0.29, 0.717) is 6.04 Å². The summed E-state index contributed by atoms with van der Waals surface area (Å²) in [5, 5.41) is 4.57. The molecule has 0 aromatic carbocycles. The third kappa shape index (κ3) is 1.89. The molecule has 0 saturated carbocycles. The first-order chi connectivity index (χ1) is 8.24. The van der Waals surface area contributed by atoms with Gasteiger partial charge in [-0.25, -0.2) is 4.52 Å². The first kappa shape index (κ1) is 10.6. The van der Waals surface area contributed by atoms with E-state index in [9.17, 15) is 0 Å². The summed E-state index contributed by atoms with van der Waals surface area (Å²) >= 11 is 0. The van der Waals surface area contributed by atoms with Gasteiger partial charge in [0.05, 0.1) is 11.2 Å². The average molecular weight is 230 g/mol. The molecule has 1 aliphatic heterocycles. The quantitative estimate of drug-likeness (QED) is 0.809. The summed E-state index contributed by atoms with van der Waals surface area (Å²) in [5.41, 5.74) is 8.22. The molecule has 0 bridgehead atoms. The molecule has 17 heavy (non-hydrogen) atoms. The zero-order valence-electron chi connectivity index (χ0n) is 10.1. The summed E-state index contributed by atoms with van der Waals surface area (Å²) in [6.45, 7) is 4.03. The van der Waals surface area contributed by atoms with Crippen molar-refractivity contribution in [2.24, 2.45) is 5.73 Å². The van der Waals surface area contributed by atoms with Crippen LogP contribution in [-0.4, -0.2) is 28.7 Å². The van der Waals surface area contributed by atoms with Crippen LogP contribution < -0.4 is 10.6 Å². The van der Waals surface area contributed by atoms with Crippen LogP contribution in [0.3, 0.4) is 0 Å². The Morgan fingerprint density at radius 1 is 1.29 bits per heavy atom. The summed E-state index contributed by atoms with van der Waals surface area (Å²) in [7, 11) is 0. The number of piperidine rings is 1. The molecule has 1 fully saturated rings. The molecular weight excluding hydrogens is 212 g/mol. The number of aryl methyl sites for hydroxylation is 1. The normalized spacial score (nSPS) is 21.1. The lowest BCUT2D eigenvalue weighted by atomic mass is 10.1. The summed E-state index contributed by atoms with van der Waals surface area (Å²) in [4.78, 5) is 2.34. The van der Waals surface area contributed by atoms with Crippen molar-refractivity contribution < 1.29 is 0 Å². The first-order valence-electron chi connectivity index (χ1n) is 6.20. The van der Waals surface area contributed by atoms with Crippen molar-refractivity contribution in [3.8, 4) is 0 Å². The summed E-state index contributed by atoms with van der Waals surface area (Å²) in [6, 6.07) is 8.69. The van der Waals surface area contributed by atoms with Gasteiger partial charge in [-0.05, 0) is 44.0 Å². The smallest absolute Gasteiger partial charge is 0.130 e. The lowest BCUT2D eigenvalue weighted by Crippen LogP contribution is -2.43. The first-order valence-corrected chi connectivity index (χ1v) is 6.20. The van der Waals surface area contributed by atoms with E-state index in [-0.39, 0.29) is 0 Å². The minimum absolute atomic E-state index is 0.291. The van der Waals surface area contributed by atoms with E-state index < -0.39 is 0 Å². The van der Waals surface area contributed by atoms with Crippen LogP contribution in [0.25, 0.3) is 5.52 Å². The zero-order chi connectivity index (χ0) is 11.8. The third-order valence-electron chi connectivity index (χ3n) is 3.40. The topological polar surface area (TPSA) is 46.6 Å². The van der Waals surface area contributed by atoms with E-state index in [2.05, 4.69) is 28.2 Å². The Labute approximate surface area is 101 Å². The van der Waals surface area contributed by atoms with Crippen LogP contribution in [0, 0.1) is 6.92 Å². The molecule has 4 nitrogen and oxygen atoms in total. The van der Waals surface area contributed by atoms with Crippen LogP contribution in [0.15, 0.2) is 24.3 Å². The van der Waals surface area contributed by atoms with Crippen LogP contribution in [-0.2, 0) is 0 Å². The lowest BCUT2D eigenvalue weighted by molar-refractivity contribution is 0.501. The van der Waals surface area contributed by atoms with Crippen molar-refractivity contribution in [1.29, 1.82) is 0 Å². The molecular formula is C13H18N4. The van der Waals surface area contributed by atoms with Crippen molar-refractivity contribution in [1.82, 2.24) is 9.61 Å². The molecule has 2 aromatic rings. The number of nitrogens with zero attached hydrogens (tertiary/aromatic N) is 3. The minimum atomic E-state index is 0.291. The largest absolute Gasteiger partial charge is 0.355 e. The van der Waals surface area contributed by atoms with E-state index in [0.717, 1.165) is 30.7 Å². The minimum Gasteiger partial charge on any atom is -0.355 e. The van der Waals surface area contributed by atoms with E-state index in [1.807, 2.05) is 17.5 Å². The molecule has 2 aromatic heterocycles. The Kier molecular flexibility index (Phi) is 2.52. The Hall–Kier alpha value is -1.55. The predicted molar refractivity (Wildman–Crippen MR) is 69.4 cm³/mol. The monoisotopic (exact) mass is 230 g/mol. The van der Waals surface area contributed by atoms with Gasteiger partial charge in [0.2, 0.25) is 0 Å². The van der Waals surface area contributed by atoms with Gasteiger partial charge in [0.1, 0.15) is 5.82 Å². The van der Waals surface area contributed by atoms with Gasteiger partial charge >= 0.3 is 0 Å². The molecule has 4 heteroatoms. The Bertz CT molecular complexity index is 531. The Morgan fingerprint density at radius 2 is 2.12 bits per heavy atom. The average Bonchev–Trinajstić information content (AvgIpc) is 2.71. The Morgan fingerprint density at radius 3 is 2.94 bits per heavy atom. The molecule has 0 radical (unpaired) electrons. The summed E-state index contributed by atoms with van der Waals surface area (Å²) < 4.78 is 2.02. The standard InChI is InChI=1S/C13H18N4/c1-10-4-5-12-6-7-13(17(12)15-10)16-8-2-3-11(14)9-16/h4-7,11H,2-3,8-9,14H2,1H3. The van der Waals surface area contributed by atoms with Crippen molar-refractivity contribution in [2.45, 2.75) is 25.8 Å². The van der Waals surface area contributed by atoms with Crippen LogP contribution in [0.5, 0.6) is 0 Å². The lowest BCUT2D eigenvalue weighted by Gasteiger charge is -2.31. The van der Waals surface area contributed by atoms with Crippen molar-refractivity contribution in [3.63, 3.8) is 0 Å². The van der Waals surface area contributed by atoms with Crippen LogP contribution in [0.2, 0.25) is 0 Å². The maximum absolute atomic E-state index is 6.03. The molecule has 1 saturated heterocycles. The fourth-order valence-corrected chi connectivity index (χ4v) is 2.52. The molecule has 1 atom stereocenters. The molecule has 3 rings (SSSR count). The van der Waals surface area contributed by atoms with Gasteiger partial charge in [-0.2, -0.15) is 5.10 Å². The molecule has 0 aliphatic carbocycles. The molecule has 1 unspecified atom stereocenters. The molecule has 2 N–H and O–H groups in total. The van der Waals surface area contributed by atoms with Crippen LogP contribution in [0.4, 0.5) is 5.82 Å². The highest BCUT2D eigenvalue weighted by atomic mass is 15.3. The summed E-state index contributed by atoms with van der Waals surface area (Å²) in [5.74, 6) is 1.17. The fraction of sp³-hybridized carbons (Fsp3) is 0.462. The highest BCUT2D eigenvalue weighted by Crippen LogP contribution is 2.21. The fourth-order valence-electron chi connectivity index (χ4n) is 2.52. The SMILES string of the molecule is Cc1ccc2ccc(N3CCCC(N)C3)n2n1. The number of hydrogen-bond acceptors (Lipinski definition) is 3.